The van der Waals surface area contributed by atoms with E-state index in [-0.39, 0.29) is 12.5 Å². The number of hydrogen-bond acceptors (Lipinski definition) is 5. The molecule has 0 radical (unpaired) electrons. The van der Waals surface area contributed by atoms with Crippen molar-refractivity contribution in [3.05, 3.63) is 108 Å². The lowest BCUT2D eigenvalue weighted by Crippen LogP contribution is -2.24. The van der Waals surface area contributed by atoms with E-state index >= 15 is 0 Å². The summed E-state index contributed by atoms with van der Waals surface area (Å²) in [5.74, 6) is -1.87. The first kappa shape index (κ1) is 22.1. The van der Waals surface area contributed by atoms with E-state index in [9.17, 15) is 13.6 Å². The van der Waals surface area contributed by atoms with Crippen molar-refractivity contribution >= 4 is 22.8 Å². The molecule has 0 aliphatic heterocycles. The zero-order chi connectivity index (χ0) is 24.2. The molecule has 35 heavy (non-hydrogen) atoms. The Morgan fingerprint density at radius 2 is 1.77 bits per heavy atom. The fraction of sp³-hybridized carbons (Fsp3) is 0.0769. The van der Waals surface area contributed by atoms with Crippen LogP contribution in [-0.4, -0.2) is 25.8 Å². The number of aromatic amines is 1. The first-order chi connectivity index (χ1) is 17.1. The molecule has 0 atom stereocenters. The number of carbonyl (C=O) groups excluding carboxylic acids is 1. The van der Waals surface area contributed by atoms with Crippen LogP contribution in [0, 0.1) is 11.6 Å². The number of pyridine rings is 3. The zero-order valence-corrected chi connectivity index (χ0v) is 18.4. The van der Waals surface area contributed by atoms with Crippen molar-refractivity contribution in [1.29, 1.82) is 0 Å². The molecule has 3 N–H and O–H groups in total. The molecule has 4 heterocycles. The minimum Gasteiger partial charge on any atom is -0.365 e. The molecule has 0 spiro atoms. The predicted octanol–water partition coefficient (Wildman–Crippen LogP) is 4.84. The number of benzene rings is 1. The van der Waals surface area contributed by atoms with Crippen LogP contribution < -0.4 is 10.6 Å². The molecule has 0 unspecified atom stereocenters. The summed E-state index contributed by atoms with van der Waals surface area (Å²) in [5.41, 5.74) is 4.25. The molecule has 7 nitrogen and oxygen atoms in total. The Morgan fingerprint density at radius 1 is 0.886 bits per heavy atom. The van der Waals surface area contributed by atoms with Gasteiger partial charge >= 0.3 is 0 Å². The molecule has 9 heteroatoms. The smallest absolute Gasteiger partial charge is 0.255 e. The van der Waals surface area contributed by atoms with Crippen LogP contribution in [0.25, 0.3) is 22.3 Å². The van der Waals surface area contributed by atoms with Crippen LogP contribution >= 0.6 is 0 Å². The van der Waals surface area contributed by atoms with Gasteiger partial charge < -0.3 is 15.6 Å². The summed E-state index contributed by atoms with van der Waals surface area (Å²) < 4.78 is 26.5. The van der Waals surface area contributed by atoms with Gasteiger partial charge in [-0.3, -0.25) is 9.78 Å². The van der Waals surface area contributed by atoms with Crippen molar-refractivity contribution < 1.29 is 13.6 Å². The highest BCUT2D eigenvalue weighted by Gasteiger charge is 2.13. The van der Waals surface area contributed by atoms with Crippen LogP contribution in [0.2, 0.25) is 0 Å². The summed E-state index contributed by atoms with van der Waals surface area (Å²) in [6, 6.07) is 14.7. The number of amides is 1. The molecule has 0 saturated carbocycles. The van der Waals surface area contributed by atoms with E-state index in [1.165, 1.54) is 6.07 Å². The molecule has 5 aromatic rings. The molecular weight excluding hydrogens is 450 g/mol. The number of H-pyrrole nitrogens is 1. The van der Waals surface area contributed by atoms with Crippen molar-refractivity contribution in [1.82, 2.24) is 25.3 Å². The summed E-state index contributed by atoms with van der Waals surface area (Å²) >= 11 is 0. The van der Waals surface area contributed by atoms with E-state index in [1.54, 1.807) is 30.7 Å². The van der Waals surface area contributed by atoms with Crippen LogP contribution in [0.3, 0.4) is 0 Å². The molecule has 0 bridgehead atoms. The van der Waals surface area contributed by atoms with Gasteiger partial charge in [0.25, 0.3) is 5.91 Å². The van der Waals surface area contributed by atoms with Crippen LogP contribution in [0.5, 0.6) is 0 Å². The fourth-order valence-electron chi connectivity index (χ4n) is 3.62. The molecule has 1 amide bonds. The average molecular weight is 470 g/mol. The quantitative estimate of drug-likeness (QED) is 0.316. The van der Waals surface area contributed by atoms with Gasteiger partial charge in [-0.15, -0.1) is 0 Å². The Hall–Kier alpha value is -4.66. The highest BCUT2D eigenvalue weighted by molar-refractivity contribution is 5.98. The topological polar surface area (TPSA) is 95.6 Å². The van der Waals surface area contributed by atoms with Crippen molar-refractivity contribution in [2.75, 3.05) is 5.32 Å². The second kappa shape index (κ2) is 9.68. The maximum absolute atomic E-state index is 13.4. The minimum absolute atomic E-state index is 0.0547. The molecule has 0 aliphatic rings. The number of fused-ring (bicyclic) bond motifs is 1. The van der Waals surface area contributed by atoms with Crippen molar-refractivity contribution in [2.24, 2.45) is 0 Å². The lowest BCUT2D eigenvalue weighted by atomic mass is 10.1. The highest BCUT2D eigenvalue weighted by atomic mass is 19.2. The van der Waals surface area contributed by atoms with Crippen molar-refractivity contribution in [2.45, 2.75) is 13.1 Å². The first-order valence-corrected chi connectivity index (χ1v) is 10.9. The van der Waals surface area contributed by atoms with E-state index in [4.69, 9.17) is 0 Å². The Bertz CT molecular complexity index is 1500. The SMILES string of the molecule is O=C(NCc1ccc(F)c(F)c1)c1cccnc1NCc1ccc(-c2cnc3[nH]ccc3c2)nc1. The maximum atomic E-state index is 13.4. The van der Waals surface area contributed by atoms with Gasteiger partial charge in [-0.05, 0) is 53.6 Å². The molecule has 1 aromatic carbocycles. The van der Waals surface area contributed by atoms with Crippen LogP contribution in [0.15, 0.2) is 79.4 Å². The lowest BCUT2D eigenvalue weighted by Gasteiger charge is -2.12. The van der Waals surface area contributed by atoms with Crippen molar-refractivity contribution in [3.63, 3.8) is 0 Å². The predicted molar refractivity (Wildman–Crippen MR) is 128 cm³/mol. The summed E-state index contributed by atoms with van der Waals surface area (Å²) in [4.78, 5) is 29.0. The Morgan fingerprint density at radius 3 is 2.60 bits per heavy atom. The van der Waals surface area contributed by atoms with E-state index in [0.717, 1.165) is 40.0 Å². The third-order valence-corrected chi connectivity index (χ3v) is 5.47. The molecule has 174 valence electrons. The first-order valence-electron chi connectivity index (χ1n) is 10.9. The van der Waals surface area contributed by atoms with Crippen LogP contribution in [-0.2, 0) is 13.1 Å². The van der Waals surface area contributed by atoms with Gasteiger partial charge in [-0.25, -0.2) is 18.7 Å². The average Bonchev–Trinajstić information content (AvgIpc) is 3.36. The third-order valence-electron chi connectivity index (χ3n) is 5.47. The van der Waals surface area contributed by atoms with Gasteiger partial charge in [0, 0.05) is 48.8 Å². The van der Waals surface area contributed by atoms with Gasteiger partial charge in [0.1, 0.15) is 11.5 Å². The molecule has 0 fully saturated rings. The molecule has 0 saturated heterocycles. The standard InChI is InChI=1S/C26H20F2N6O/c27-21-5-3-16(10-22(21)28)12-34-26(35)20-2-1-8-29-25(20)32-14-17-4-6-23(31-13-17)19-11-18-7-9-30-24(18)33-15-19/h1-11,13,15H,12,14H2,(H,29,32)(H,30,33)(H,34,35). The second-order valence-corrected chi connectivity index (χ2v) is 7.88. The van der Waals surface area contributed by atoms with Gasteiger partial charge in [-0.2, -0.15) is 0 Å². The minimum atomic E-state index is -0.957. The molecule has 4 aromatic heterocycles. The Kier molecular flexibility index (Phi) is 6.13. The Balaban J connectivity index is 1.23. The zero-order valence-electron chi connectivity index (χ0n) is 18.4. The summed E-state index contributed by atoms with van der Waals surface area (Å²) in [5, 5.41) is 6.89. The number of halogens is 2. The van der Waals surface area contributed by atoms with E-state index in [2.05, 4.69) is 30.6 Å². The largest absolute Gasteiger partial charge is 0.365 e. The van der Waals surface area contributed by atoms with Gasteiger partial charge in [0.05, 0.1) is 11.3 Å². The highest BCUT2D eigenvalue weighted by Crippen LogP contribution is 2.21. The van der Waals surface area contributed by atoms with E-state index in [0.29, 0.717) is 23.5 Å². The second-order valence-electron chi connectivity index (χ2n) is 7.88. The van der Waals surface area contributed by atoms with Gasteiger partial charge in [0.15, 0.2) is 11.6 Å². The number of hydrogen-bond donors (Lipinski definition) is 3. The van der Waals surface area contributed by atoms with E-state index in [1.807, 2.05) is 30.5 Å². The number of aromatic nitrogens is 4. The van der Waals surface area contributed by atoms with Crippen LogP contribution in [0.1, 0.15) is 21.5 Å². The summed E-state index contributed by atoms with van der Waals surface area (Å²) in [6.07, 6.45) is 6.96. The molecular formula is C26H20F2N6O. The number of anilines is 1. The van der Waals surface area contributed by atoms with Crippen molar-refractivity contribution in [3.8, 4) is 11.3 Å². The monoisotopic (exact) mass is 470 g/mol. The number of nitrogens with zero attached hydrogens (tertiary/aromatic N) is 3. The van der Waals surface area contributed by atoms with Gasteiger partial charge in [0.2, 0.25) is 0 Å². The van der Waals surface area contributed by atoms with E-state index < -0.39 is 11.6 Å². The summed E-state index contributed by atoms with van der Waals surface area (Å²) in [6.45, 7) is 0.460. The lowest BCUT2D eigenvalue weighted by molar-refractivity contribution is 0.0951. The summed E-state index contributed by atoms with van der Waals surface area (Å²) in [7, 11) is 0. The van der Waals surface area contributed by atoms with Gasteiger partial charge in [-0.1, -0.05) is 12.1 Å². The molecule has 0 aliphatic carbocycles. The maximum Gasteiger partial charge on any atom is 0.255 e. The molecule has 5 rings (SSSR count). The van der Waals surface area contributed by atoms with Crippen LogP contribution in [0.4, 0.5) is 14.6 Å². The Labute approximate surface area is 199 Å². The fourth-order valence-corrected chi connectivity index (χ4v) is 3.62. The number of nitrogens with one attached hydrogen (secondary N) is 3. The third kappa shape index (κ3) is 4.98. The normalized spacial score (nSPS) is 10.9. The number of rotatable bonds is 7. The number of carbonyl (C=O) groups is 1.